The highest BCUT2D eigenvalue weighted by Gasteiger charge is 2.39. The predicted octanol–water partition coefficient (Wildman–Crippen LogP) is 2.45. The summed E-state index contributed by atoms with van der Waals surface area (Å²) in [6, 6.07) is 8.72. The molecule has 1 atom stereocenters. The summed E-state index contributed by atoms with van der Waals surface area (Å²) < 4.78 is 25.8. The number of alkyl halides is 2. The predicted molar refractivity (Wildman–Crippen MR) is 90.7 cm³/mol. The van der Waals surface area contributed by atoms with Gasteiger partial charge in [0.05, 0.1) is 5.69 Å². The van der Waals surface area contributed by atoms with Gasteiger partial charge in [0.15, 0.2) is 0 Å². The Balaban J connectivity index is 1.62. The number of benzene rings is 1. The summed E-state index contributed by atoms with van der Waals surface area (Å²) in [6.45, 7) is 0.225. The standard InChI is InChI=1S/C19H15F2N3O3/c20-17(21)14-3-1-2-13(22-14)10-4-5-12-11(8-10)9-24(19(12)27)15-6-7-16(25)23-18(15)26/h1-5,8,15,17H,6-7,9H2,(H,23,25,26). The average molecular weight is 371 g/mol. The maximum atomic E-state index is 12.9. The van der Waals surface area contributed by atoms with Gasteiger partial charge in [-0.1, -0.05) is 12.1 Å². The Labute approximate surface area is 153 Å². The van der Waals surface area contributed by atoms with Crippen LogP contribution in [0.1, 0.15) is 40.9 Å². The van der Waals surface area contributed by atoms with Crippen LogP contribution < -0.4 is 5.32 Å². The minimum Gasteiger partial charge on any atom is -0.322 e. The van der Waals surface area contributed by atoms with E-state index in [0.29, 0.717) is 22.4 Å². The molecule has 0 aliphatic carbocycles. The molecule has 0 bridgehead atoms. The Kier molecular flexibility index (Phi) is 4.18. The van der Waals surface area contributed by atoms with Gasteiger partial charge in [-0.25, -0.2) is 13.8 Å². The van der Waals surface area contributed by atoms with E-state index in [4.69, 9.17) is 0 Å². The van der Waals surface area contributed by atoms with Crippen molar-refractivity contribution >= 4 is 17.7 Å². The van der Waals surface area contributed by atoms with Crippen molar-refractivity contribution in [3.05, 3.63) is 53.2 Å². The molecule has 1 N–H and O–H groups in total. The summed E-state index contributed by atoms with van der Waals surface area (Å²) in [5, 5.41) is 2.25. The van der Waals surface area contributed by atoms with Crippen molar-refractivity contribution in [2.45, 2.75) is 31.9 Å². The highest BCUT2D eigenvalue weighted by Crippen LogP contribution is 2.31. The largest absolute Gasteiger partial charge is 0.322 e. The number of hydrogen-bond acceptors (Lipinski definition) is 4. The number of carbonyl (C=O) groups is 3. The fourth-order valence-electron chi connectivity index (χ4n) is 3.47. The van der Waals surface area contributed by atoms with E-state index in [0.717, 1.165) is 0 Å². The molecule has 2 aliphatic heterocycles. The Morgan fingerprint density at radius 1 is 1.15 bits per heavy atom. The normalized spacial score (nSPS) is 19.4. The topological polar surface area (TPSA) is 79.4 Å². The van der Waals surface area contributed by atoms with Gasteiger partial charge >= 0.3 is 0 Å². The van der Waals surface area contributed by atoms with E-state index >= 15 is 0 Å². The maximum Gasteiger partial charge on any atom is 0.280 e. The fraction of sp³-hybridized carbons (Fsp3) is 0.263. The van der Waals surface area contributed by atoms with E-state index < -0.39 is 18.4 Å². The Morgan fingerprint density at radius 3 is 2.70 bits per heavy atom. The van der Waals surface area contributed by atoms with Crippen LogP contribution in [0.2, 0.25) is 0 Å². The molecule has 1 aromatic heterocycles. The van der Waals surface area contributed by atoms with Crippen molar-refractivity contribution in [2.24, 2.45) is 0 Å². The number of nitrogens with zero attached hydrogens (tertiary/aromatic N) is 2. The van der Waals surface area contributed by atoms with Crippen LogP contribution in [0.25, 0.3) is 11.3 Å². The number of pyridine rings is 1. The molecule has 138 valence electrons. The summed E-state index contributed by atoms with van der Waals surface area (Å²) in [5.41, 5.74) is 1.87. The van der Waals surface area contributed by atoms with Gasteiger partial charge in [-0.2, -0.15) is 0 Å². The van der Waals surface area contributed by atoms with Crippen LogP contribution in [0.3, 0.4) is 0 Å². The molecule has 4 rings (SSSR count). The monoisotopic (exact) mass is 371 g/mol. The minimum absolute atomic E-state index is 0.187. The summed E-state index contributed by atoms with van der Waals surface area (Å²) in [7, 11) is 0. The fourth-order valence-corrected chi connectivity index (χ4v) is 3.47. The lowest BCUT2D eigenvalue weighted by molar-refractivity contribution is -0.136. The third kappa shape index (κ3) is 3.07. The van der Waals surface area contributed by atoms with Crippen molar-refractivity contribution < 1.29 is 23.2 Å². The number of rotatable bonds is 3. The third-order valence-electron chi connectivity index (χ3n) is 4.81. The van der Waals surface area contributed by atoms with E-state index in [1.165, 1.54) is 17.0 Å². The van der Waals surface area contributed by atoms with Crippen LogP contribution in [0.5, 0.6) is 0 Å². The van der Waals surface area contributed by atoms with Crippen molar-refractivity contribution in [3.8, 4) is 11.3 Å². The molecule has 0 spiro atoms. The van der Waals surface area contributed by atoms with Gasteiger partial charge in [-0.15, -0.1) is 0 Å². The van der Waals surface area contributed by atoms with E-state index in [1.54, 1.807) is 24.3 Å². The Morgan fingerprint density at radius 2 is 1.96 bits per heavy atom. The lowest BCUT2D eigenvalue weighted by Crippen LogP contribution is -2.52. The van der Waals surface area contributed by atoms with Crippen LogP contribution in [0.4, 0.5) is 8.78 Å². The van der Waals surface area contributed by atoms with Gasteiger partial charge < -0.3 is 4.90 Å². The second kappa shape index (κ2) is 6.53. The number of halogens is 2. The van der Waals surface area contributed by atoms with Crippen LogP contribution in [-0.2, 0) is 16.1 Å². The van der Waals surface area contributed by atoms with E-state index in [2.05, 4.69) is 10.3 Å². The molecule has 1 fully saturated rings. The average Bonchev–Trinajstić information content (AvgIpc) is 2.98. The number of carbonyl (C=O) groups excluding carboxylic acids is 3. The molecule has 3 amide bonds. The van der Waals surface area contributed by atoms with Gasteiger partial charge in [0, 0.05) is 24.1 Å². The molecule has 27 heavy (non-hydrogen) atoms. The number of nitrogens with one attached hydrogen (secondary N) is 1. The van der Waals surface area contributed by atoms with Crippen LogP contribution >= 0.6 is 0 Å². The molecule has 2 aromatic rings. The summed E-state index contributed by atoms with van der Waals surface area (Å²) in [6.07, 6.45) is -2.19. The quantitative estimate of drug-likeness (QED) is 0.841. The Bertz CT molecular complexity index is 961. The van der Waals surface area contributed by atoms with Crippen LogP contribution in [0.15, 0.2) is 36.4 Å². The number of piperidine rings is 1. The zero-order valence-corrected chi connectivity index (χ0v) is 14.1. The van der Waals surface area contributed by atoms with E-state index in [1.807, 2.05) is 0 Å². The maximum absolute atomic E-state index is 12.9. The number of aromatic nitrogens is 1. The number of fused-ring (bicyclic) bond motifs is 1. The summed E-state index contributed by atoms with van der Waals surface area (Å²) >= 11 is 0. The van der Waals surface area contributed by atoms with Crippen molar-refractivity contribution in [1.82, 2.24) is 15.2 Å². The first-order valence-corrected chi connectivity index (χ1v) is 8.47. The summed E-state index contributed by atoms with van der Waals surface area (Å²) in [5.74, 6) is -1.09. The highest BCUT2D eigenvalue weighted by atomic mass is 19.3. The third-order valence-corrected chi connectivity index (χ3v) is 4.81. The van der Waals surface area contributed by atoms with Crippen LogP contribution in [-0.4, -0.2) is 33.6 Å². The first-order chi connectivity index (χ1) is 12.9. The number of hydrogen-bond donors (Lipinski definition) is 1. The van der Waals surface area contributed by atoms with Gasteiger partial charge in [-0.05, 0) is 36.2 Å². The Hall–Kier alpha value is -3.16. The lowest BCUT2D eigenvalue weighted by atomic mass is 10.0. The van der Waals surface area contributed by atoms with Gasteiger partial charge in [0.25, 0.3) is 12.3 Å². The zero-order chi connectivity index (χ0) is 19.1. The SMILES string of the molecule is O=C1CCC(N2Cc3cc(-c4cccc(C(F)F)n4)ccc3C2=O)C(=O)N1. The van der Waals surface area contributed by atoms with E-state index in [-0.39, 0.29) is 36.9 Å². The minimum atomic E-state index is -2.66. The highest BCUT2D eigenvalue weighted by molar-refractivity contribution is 6.05. The molecule has 1 aromatic carbocycles. The second-order valence-electron chi connectivity index (χ2n) is 6.52. The smallest absolute Gasteiger partial charge is 0.280 e. The first-order valence-electron chi connectivity index (χ1n) is 8.47. The molecule has 0 radical (unpaired) electrons. The van der Waals surface area contributed by atoms with Crippen molar-refractivity contribution in [3.63, 3.8) is 0 Å². The van der Waals surface area contributed by atoms with Gasteiger partial charge in [0.2, 0.25) is 11.8 Å². The molecule has 1 saturated heterocycles. The number of imide groups is 1. The molecular weight excluding hydrogens is 356 g/mol. The number of amides is 3. The summed E-state index contributed by atoms with van der Waals surface area (Å²) in [4.78, 5) is 41.5. The molecule has 2 aliphatic rings. The molecule has 8 heteroatoms. The van der Waals surface area contributed by atoms with Crippen molar-refractivity contribution in [1.29, 1.82) is 0 Å². The molecule has 6 nitrogen and oxygen atoms in total. The first kappa shape index (κ1) is 17.3. The lowest BCUT2D eigenvalue weighted by Gasteiger charge is -2.29. The molecule has 3 heterocycles. The second-order valence-corrected chi connectivity index (χ2v) is 6.52. The molecular formula is C19H15F2N3O3. The zero-order valence-electron chi connectivity index (χ0n) is 14.1. The van der Waals surface area contributed by atoms with Gasteiger partial charge in [-0.3, -0.25) is 19.7 Å². The van der Waals surface area contributed by atoms with Gasteiger partial charge in [0.1, 0.15) is 11.7 Å². The van der Waals surface area contributed by atoms with Crippen LogP contribution in [0, 0.1) is 0 Å². The molecule has 1 unspecified atom stereocenters. The van der Waals surface area contributed by atoms with Crippen molar-refractivity contribution in [2.75, 3.05) is 0 Å². The van der Waals surface area contributed by atoms with E-state index in [9.17, 15) is 23.2 Å². The molecule has 0 saturated carbocycles.